The summed E-state index contributed by atoms with van der Waals surface area (Å²) >= 11 is 6.21. The topological polar surface area (TPSA) is 25.2 Å². The number of hydrogen-bond acceptors (Lipinski definition) is 2. The molecule has 0 saturated heterocycles. The average Bonchev–Trinajstić information content (AvgIpc) is 2.98. The molecule has 1 heterocycles. The number of furan rings is 1. The molecule has 2 nitrogen and oxygen atoms in total. The molecule has 1 N–H and O–H groups in total. The van der Waals surface area contributed by atoms with Gasteiger partial charge in [0.1, 0.15) is 11.5 Å². The number of benzene rings is 1. The summed E-state index contributed by atoms with van der Waals surface area (Å²) in [6.45, 7) is 2.82. The van der Waals surface area contributed by atoms with E-state index in [1.165, 1.54) is 44.9 Å². The van der Waals surface area contributed by atoms with Crippen molar-refractivity contribution in [2.45, 2.75) is 64.5 Å². The summed E-state index contributed by atoms with van der Waals surface area (Å²) in [5, 5.41) is 4.46. The van der Waals surface area contributed by atoms with Crippen LogP contribution in [0.5, 0.6) is 0 Å². The molecule has 1 fully saturated rings. The van der Waals surface area contributed by atoms with Crippen LogP contribution in [-0.2, 0) is 6.54 Å². The SMILES string of the molecule is Cc1ccc(-c2ccc(CNC3CCCCCCC3)o2)cc1Cl. The minimum absolute atomic E-state index is 0.637. The van der Waals surface area contributed by atoms with Crippen LogP contribution in [0.4, 0.5) is 0 Å². The second-order valence-corrected chi connectivity index (χ2v) is 7.06. The van der Waals surface area contributed by atoms with E-state index in [1.54, 1.807) is 0 Å². The van der Waals surface area contributed by atoms with Gasteiger partial charge in [-0.25, -0.2) is 0 Å². The van der Waals surface area contributed by atoms with Crippen LogP contribution in [-0.4, -0.2) is 6.04 Å². The number of rotatable bonds is 4. The first kappa shape index (κ1) is 16.6. The third kappa shape index (κ3) is 4.62. The maximum Gasteiger partial charge on any atom is 0.134 e. The summed E-state index contributed by atoms with van der Waals surface area (Å²) in [5.41, 5.74) is 2.13. The summed E-state index contributed by atoms with van der Waals surface area (Å²) in [6, 6.07) is 10.8. The van der Waals surface area contributed by atoms with Gasteiger partial charge in [0.15, 0.2) is 0 Å². The lowest BCUT2D eigenvalue weighted by Gasteiger charge is -2.20. The van der Waals surface area contributed by atoms with Crippen LogP contribution in [0.2, 0.25) is 5.02 Å². The highest BCUT2D eigenvalue weighted by Crippen LogP contribution is 2.27. The molecule has 0 atom stereocenters. The van der Waals surface area contributed by atoms with E-state index in [4.69, 9.17) is 16.0 Å². The van der Waals surface area contributed by atoms with E-state index >= 15 is 0 Å². The predicted molar refractivity (Wildman–Crippen MR) is 96.8 cm³/mol. The minimum atomic E-state index is 0.637. The van der Waals surface area contributed by atoms with E-state index in [2.05, 4.69) is 17.4 Å². The van der Waals surface area contributed by atoms with Gasteiger partial charge in [0.25, 0.3) is 0 Å². The fourth-order valence-corrected chi connectivity index (χ4v) is 3.46. The Hall–Kier alpha value is -1.25. The molecule has 0 radical (unpaired) electrons. The van der Waals surface area contributed by atoms with Crippen LogP contribution in [0.3, 0.4) is 0 Å². The summed E-state index contributed by atoms with van der Waals surface area (Å²) < 4.78 is 5.99. The molecule has 3 heteroatoms. The maximum atomic E-state index is 6.21. The normalized spacial score (nSPS) is 17.0. The lowest BCUT2D eigenvalue weighted by atomic mass is 9.97. The van der Waals surface area contributed by atoms with Crippen LogP contribution >= 0.6 is 11.6 Å². The van der Waals surface area contributed by atoms with Gasteiger partial charge in [-0.1, -0.05) is 55.8 Å². The quantitative estimate of drug-likeness (QED) is 0.731. The number of hydrogen-bond donors (Lipinski definition) is 1. The summed E-state index contributed by atoms with van der Waals surface area (Å²) in [7, 11) is 0. The molecule has 3 rings (SSSR count). The Labute approximate surface area is 144 Å². The molecule has 0 aliphatic heterocycles. The zero-order chi connectivity index (χ0) is 16.1. The van der Waals surface area contributed by atoms with Gasteiger partial charge in [-0.3, -0.25) is 0 Å². The van der Waals surface area contributed by atoms with Gasteiger partial charge in [-0.15, -0.1) is 0 Å². The smallest absolute Gasteiger partial charge is 0.134 e. The molecule has 0 unspecified atom stereocenters. The lowest BCUT2D eigenvalue weighted by molar-refractivity contribution is 0.373. The van der Waals surface area contributed by atoms with Gasteiger partial charge < -0.3 is 9.73 Å². The molecule has 0 spiro atoms. The van der Waals surface area contributed by atoms with E-state index < -0.39 is 0 Å². The number of nitrogens with one attached hydrogen (secondary N) is 1. The Balaban J connectivity index is 1.59. The van der Waals surface area contributed by atoms with Gasteiger partial charge in [-0.2, -0.15) is 0 Å². The zero-order valence-electron chi connectivity index (χ0n) is 13.9. The molecular weight excluding hydrogens is 306 g/mol. The second kappa shape index (κ2) is 8.03. The van der Waals surface area contributed by atoms with E-state index in [-0.39, 0.29) is 0 Å². The zero-order valence-corrected chi connectivity index (χ0v) is 14.7. The fraction of sp³-hybridized carbons (Fsp3) is 0.500. The fourth-order valence-electron chi connectivity index (χ4n) is 3.28. The second-order valence-electron chi connectivity index (χ2n) is 6.65. The van der Waals surface area contributed by atoms with Gasteiger partial charge in [-0.05, 0) is 43.5 Å². The van der Waals surface area contributed by atoms with Crippen LogP contribution in [0.1, 0.15) is 56.3 Å². The molecule has 1 aliphatic carbocycles. The molecule has 1 aliphatic rings. The van der Waals surface area contributed by atoms with Crippen molar-refractivity contribution in [3.05, 3.63) is 46.7 Å². The first-order valence-electron chi connectivity index (χ1n) is 8.81. The van der Waals surface area contributed by atoms with Gasteiger partial charge in [0.05, 0.1) is 6.54 Å². The molecule has 124 valence electrons. The first-order chi connectivity index (χ1) is 11.2. The number of aryl methyl sites for hydroxylation is 1. The van der Waals surface area contributed by atoms with Crippen molar-refractivity contribution in [2.24, 2.45) is 0 Å². The number of halogens is 1. The van der Waals surface area contributed by atoms with Crippen LogP contribution in [0, 0.1) is 6.92 Å². The lowest BCUT2D eigenvalue weighted by Crippen LogP contribution is -2.29. The standard InChI is InChI=1S/C20H26ClNO/c1-15-9-10-16(13-19(15)21)20-12-11-18(23-20)14-22-17-7-5-3-2-4-6-8-17/h9-13,17,22H,2-8,14H2,1H3. The molecule has 1 aromatic carbocycles. The van der Waals surface area contributed by atoms with E-state index in [0.29, 0.717) is 6.04 Å². The van der Waals surface area contributed by atoms with Crippen molar-refractivity contribution in [2.75, 3.05) is 0 Å². The third-order valence-corrected chi connectivity index (χ3v) is 5.20. The largest absolute Gasteiger partial charge is 0.460 e. The van der Waals surface area contributed by atoms with Crippen LogP contribution in [0.25, 0.3) is 11.3 Å². The Kier molecular flexibility index (Phi) is 5.80. The Bertz CT molecular complexity index is 626. The van der Waals surface area contributed by atoms with Crippen LogP contribution in [0.15, 0.2) is 34.7 Å². The predicted octanol–water partition coefficient (Wildman–Crippen LogP) is 6.11. The monoisotopic (exact) mass is 331 g/mol. The van der Waals surface area contributed by atoms with Crippen molar-refractivity contribution in [3.8, 4) is 11.3 Å². The van der Waals surface area contributed by atoms with E-state index in [0.717, 1.165) is 34.2 Å². The maximum absolute atomic E-state index is 6.21. The van der Waals surface area contributed by atoms with Gasteiger partial charge in [0, 0.05) is 16.6 Å². The average molecular weight is 332 g/mol. The van der Waals surface area contributed by atoms with Gasteiger partial charge in [0.2, 0.25) is 0 Å². The highest BCUT2D eigenvalue weighted by atomic mass is 35.5. The van der Waals surface area contributed by atoms with Crippen molar-refractivity contribution < 1.29 is 4.42 Å². The third-order valence-electron chi connectivity index (χ3n) is 4.79. The molecule has 0 amide bonds. The highest BCUT2D eigenvalue weighted by molar-refractivity contribution is 6.31. The molecule has 0 bridgehead atoms. The van der Waals surface area contributed by atoms with E-state index in [1.807, 2.05) is 25.1 Å². The van der Waals surface area contributed by atoms with Crippen molar-refractivity contribution in [3.63, 3.8) is 0 Å². The summed E-state index contributed by atoms with van der Waals surface area (Å²) in [5.74, 6) is 1.89. The van der Waals surface area contributed by atoms with Crippen molar-refractivity contribution in [1.82, 2.24) is 5.32 Å². The molecule has 1 aromatic heterocycles. The highest BCUT2D eigenvalue weighted by Gasteiger charge is 2.12. The Morgan fingerprint density at radius 1 is 1.04 bits per heavy atom. The molecule has 2 aromatic rings. The summed E-state index contributed by atoms with van der Waals surface area (Å²) in [4.78, 5) is 0. The molecular formula is C20H26ClNO. The van der Waals surface area contributed by atoms with E-state index in [9.17, 15) is 0 Å². The Morgan fingerprint density at radius 2 is 1.78 bits per heavy atom. The van der Waals surface area contributed by atoms with Gasteiger partial charge >= 0.3 is 0 Å². The minimum Gasteiger partial charge on any atom is -0.460 e. The van der Waals surface area contributed by atoms with Crippen molar-refractivity contribution in [1.29, 1.82) is 0 Å². The Morgan fingerprint density at radius 3 is 2.52 bits per heavy atom. The first-order valence-corrected chi connectivity index (χ1v) is 9.19. The molecule has 23 heavy (non-hydrogen) atoms. The van der Waals surface area contributed by atoms with Crippen molar-refractivity contribution >= 4 is 11.6 Å². The summed E-state index contributed by atoms with van der Waals surface area (Å²) in [6.07, 6.45) is 9.47. The van der Waals surface area contributed by atoms with Crippen LogP contribution < -0.4 is 5.32 Å². The molecule has 1 saturated carbocycles.